The van der Waals surface area contributed by atoms with E-state index in [-0.39, 0.29) is 6.03 Å². The molecule has 2 heterocycles. The number of hydrogen-bond acceptors (Lipinski definition) is 4. The summed E-state index contributed by atoms with van der Waals surface area (Å²) in [4.78, 5) is 19.3. The fourth-order valence-electron chi connectivity index (χ4n) is 4.68. The van der Waals surface area contributed by atoms with Gasteiger partial charge in [-0.25, -0.2) is 9.79 Å². The molecule has 6 nitrogen and oxygen atoms in total. The summed E-state index contributed by atoms with van der Waals surface area (Å²) in [5, 5.41) is 13.1. The fourth-order valence-corrected chi connectivity index (χ4v) is 4.68. The van der Waals surface area contributed by atoms with Gasteiger partial charge in [-0.3, -0.25) is 5.32 Å². The van der Waals surface area contributed by atoms with E-state index in [0.717, 1.165) is 17.0 Å². The normalized spacial score (nSPS) is 21.8. The Labute approximate surface area is 167 Å². The standard InChI is InChI=1S/C22H31N3O3/c1-22(27)10-12-25(13-11-22)21(26)24-19-14-17-18(28-2)9-8-16(20(17)23-19)15-6-4-3-5-7-15/h8-9,15,27H,3-7,10-14H2,1-2H3,(H,23,24,26). The predicted octanol–water partition coefficient (Wildman–Crippen LogP) is 3.89. The smallest absolute Gasteiger partial charge is 0.322 e. The summed E-state index contributed by atoms with van der Waals surface area (Å²) in [5.41, 5.74) is 2.72. The second kappa shape index (κ2) is 7.74. The number of ether oxygens (including phenoxy) is 1. The van der Waals surface area contributed by atoms with Crippen LogP contribution in [0.15, 0.2) is 17.1 Å². The maximum Gasteiger partial charge on any atom is 0.322 e. The topological polar surface area (TPSA) is 74.2 Å². The Morgan fingerprint density at radius 1 is 1.25 bits per heavy atom. The van der Waals surface area contributed by atoms with E-state index in [4.69, 9.17) is 9.73 Å². The van der Waals surface area contributed by atoms with Gasteiger partial charge in [0.1, 0.15) is 11.6 Å². The zero-order valence-electron chi connectivity index (χ0n) is 17.0. The van der Waals surface area contributed by atoms with Crippen LogP contribution in [0.4, 0.5) is 10.5 Å². The van der Waals surface area contributed by atoms with Gasteiger partial charge in [0.05, 0.1) is 18.4 Å². The van der Waals surface area contributed by atoms with E-state index in [1.54, 1.807) is 12.0 Å². The van der Waals surface area contributed by atoms with E-state index in [9.17, 15) is 9.90 Å². The number of carbonyl (C=O) groups is 1. The molecular weight excluding hydrogens is 354 g/mol. The number of nitrogens with zero attached hydrogens (tertiary/aromatic N) is 2. The molecule has 0 bridgehead atoms. The third-order valence-electron chi connectivity index (χ3n) is 6.51. The van der Waals surface area contributed by atoms with E-state index in [1.165, 1.54) is 37.7 Å². The Balaban J connectivity index is 1.50. The number of nitrogens with one attached hydrogen (secondary N) is 1. The first kappa shape index (κ1) is 19.2. The van der Waals surface area contributed by atoms with Crippen LogP contribution in [0.2, 0.25) is 0 Å². The van der Waals surface area contributed by atoms with Crippen LogP contribution in [-0.4, -0.2) is 47.7 Å². The molecule has 3 aliphatic rings. The summed E-state index contributed by atoms with van der Waals surface area (Å²) in [6, 6.07) is 4.09. The molecular formula is C22H31N3O3. The van der Waals surface area contributed by atoms with Gasteiger partial charge >= 0.3 is 6.03 Å². The van der Waals surface area contributed by atoms with Gasteiger partial charge in [-0.15, -0.1) is 0 Å². The summed E-state index contributed by atoms with van der Waals surface area (Å²) >= 11 is 0. The molecule has 2 aliphatic heterocycles. The predicted molar refractivity (Wildman–Crippen MR) is 110 cm³/mol. The van der Waals surface area contributed by atoms with Crippen molar-refractivity contribution in [1.29, 1.82) is 0 Å². The van der Waals surface area contributed by atoms with Gasteiger partial charge in [0, 0.05) is 25.1 Å². The molecule has 1 saturated carbocycles. The van der Waals surface area contributed by atoms with Gasteiger partial charge in [-0.05, 0) is 50.2 Å². The van der Waals surface area contributed by atoms with Crippen LogP contribution in [0.5, 0.6) is 5.75 Å². The van der Waals surface area contributed by atoms with E-state index < -0.39 is 5.60 Å². The second-order valence-corrected chi connectivity index (χ2v) is 8.67. The lowest BCUT2D eigenvalue weighted by Gasteiger charge is -2.35. The molecule has 2 amide bonds. The van der Waals surface area contributed by atoms with E-state index in [2.05, 4.69) is 17.4 Å². The van der Waals surface area contributed by atoms with Crippen molar-refractivity contribution >= 4 is 17.6 Å². The highest BCUT2D eigenvalue weighted by atomic mass is 16.5. The largest absolute Gasteiger partial charge is 0.496 e. The summed E-state index contributed by atoms with van der Waals surface area (Å²) in [5.74, 6) is 2.09. The first-order chi connectivity index (χ1) is 13.5. The molecule has 0 unspecified atom stereocenters. The molecule has 2 fully saturated rings. The average molecular weight is 386 g/mol. The quantitative estimate of drug-likeness (QED) is 0.811. The van der Waals surface area contributed by atoms with Crippen LogP contribution in [-0.2, 0) is 6.42 Å². The number of amidine groups is 1. The highest BCUT2D eigenvalue weighted by Crippen LogP contribution is 2.44. The summed E-state index contributed by atoms with van der Waals surface area (Å²) in [6.45, 7) is 2.96. The number of likely N-dealkylation sites (tertiary alicyclic amines) is 1. The number of piperidine rings is 1. The maximum absolute atomic E-state index is 12.7. The van der Waals surface area contributed by atoms with Crippen molar-refractivity contribution in [3.8, 4) is 5.75 Å². The second-order valence-electron chi connectivity index (χ2n) is 8.67. The fraction of sp³-hybridized carbons (Fsp3) is 0.636. The molecule has 28 heavy (non-hydrogen) atoms. The third kappa shape index (κ3) is 3.88. The summed E-state index contributed by atoms with van der Waals surface area (Å²) in [7, 11) is 1.69. The van der Waals surface area contributed by atoms with Crippen molar-refractivity contribution < 1.29 is 14.6 Å². The van der Waals surface area contributed by atoms with Gasteiger partial charge in [0.2, 0.25) is 0 Å². The molecule has 0 radical (unpaired) electrons. The van der Waals surface area contributed by atoms with Crippen molar-refractivity contribution in [1.82, 2.24) is 10.2 Å². The molecule has 0 aromatic heterocycles. The average Bonchev–Trinajstić information content (AvgIpc) is 3.11. The van der Waals surface area contributed by atoms with Gasteiger partial charge in [0.15, 0.2) is 0 Å². The van der Waals surface area contributed by atoms with E-state index in [1.807, 2.05) is 6.92 Å². The van der Waals surface area contributed by atoms with Crippen LogP contribution in [0.25, 0.3) is 0 Å². The highest BCUT2D eigenvalue weighted by molar-refractivity contribution is 6.03. The Morgan fingerprint density at radius 3 is 2.64 bits per heavy atom. The van der Waals surface area contributed by atoms with Crippen LogP contribution < -0.4 is 10.1 Å². The number of rotatable bonds is 2. The van der Waals surface area contributed by atoms with E-state index in [0.29, 0.717) is 44.1 Å². The molecule has 1 aromatic carbocycles. The minimum absolute atomic E-state index is 0.125. The lowest BCUT2D eigenvalue weighted by molar-refractivity contribution is 0.00483. The van der Waals surface area contributed by atoms with Crippen molar-refractivity contribution in [3.05, 3.63) is 23.3 Å². The van der Waals surface area contributed by atoms with Crippen molar-refractivity contribution in [2.75, 3.05) is 20.2 Å². The third-order valence-corrected chi connectivity index (χ3v) is 6.51. The van der Waals surface area contributed by atoms with Gasteiger partial charge < -0.3 is 14.7 Å². The monoisotopic (exact) mass is 385 g/mol. The first-order valence-corrected chi connectivity index (χ1v) is 10.5. The molecule has 4 rings (SSSR count). The SMILES string of the molecule is COc1ccc(C2CCCCC2)c2c1CC(NC(=O)N1CCC(C)(O)CC1)=N2. The van der Waals surface area contributed by atoms with Crippen LogP contribution in [0.3, 0.4) is 0 Å². The van der Waals surface area contributed by atoms with Crippen molar-refractivity contribution in [2.24, 2.45) is 4.99 Å². The molecule has 2 N–H and O–H groups in total. The van der Waals surface area contributed by atoms with Gasteiger partial charge in [-0.2, -0.15) is 0 Å². The maximum atomic E-state index is 12.7. The van der Waals surface area contributed by atoms with Crippen molar-refractivity contribution in [2.45, 2.75) is 69.8 Å². The molecule has 1 saturated heterocycles. The Bertz CT molecular complexity index is 771. The number of fused-ring (bicyclic) bond motifs is 1. The number of aliphatic hydroxyl groups is 1. The Kier molecular flexibility index (Phi) is 5.32. The molecule has 6 heteroatoms. The number of hydrogen-bond donors (Lipinski definition) is 2. The Morgan fingerprint density at radius 2 is 1.96 bits per heavy atom. The van der Waals surface area contributed by atoms with Crippen LogP contribution in [0.1, 0.15) is 68.9 Å². The number of amides is 2. The number of urea groups is 1. The van der Waals surface area contributed by atoms with Crippen molar-refractivity contribution in [3.63, 3.8) is 0 Å². The lowest BCUT2D eigenvalue weighted by atomic mass is 9.82. The number of carbonyl (C=O) groups excluding carboxylic acids is 1. The lowest BCUT2D eigenvalue weighted by Crippen LogP contribution is -2.50. The Hall–Kier alpha value is -2.08. The van der Waals surface area contributed by atoms with Crippen LogP contribution >= 0.6 is 0 Å². The van der Waals surface area contributed by atoms with Gasteiger partial charge in [-0.1, -0.05) is 25.3 Å². The minimum Gasteiger partial charge on any atom is -0.496 e. The molecule has 1 aliphatic carbocycles. The zero-order valence-corrected chi connectivity index (χ0v) is 17.0. The first-order valence-electron chi connectivity index (χ1n) is 10.5. The molecule has 1 aromatic rings. The molecule has 152 valence electrons. The number of aliphatic imine (C=N–C) groups is 1. The number of benzene rings is 1. The van der Waals surface area contributed by atoms with Gasteiger partial charge in [0.25, 0.3) is 0 Å². The molecule has 0 atom stereocenters. The minimum atomic E-state index is -0.667. The number of methoxy groups -OCH3 is 1. The summed E-state index contributed by atoms with van der Waals surface area (Å²) < 4.78 is 5.57. The molecule has 0 spiro atoms. The van der Waals surface area contributed by atoms with Crippen LogP contribution in [0, 0.1) is 0 Å². The summed E-state index contributed by atoms with van der Waals surface area (Å²) in [6.07, 6.45) is 8.10. The zero-order chi connectivity index (χ0) is 19.7. The highest BCUT2D eigenvalue weighted by Gasteiger charge is 2.31. The van der Waals surface area contributed by atoms with E-state index >= 15 is 0 Å².